The molecule has 4 amide bonds. The number of carbonyl (C=O) groups is 6. The Morgan fingerprint density at radius 2 is 0.968 bits per heavy atom. The van der Waals surface area contributed by atoms with Crippen molar-refractivity contribution >= 4 is 46.0 Å². The summed E-state index contributed by atoms with van der Waals surface area (Å²) in [6.45, 7) is -4.95. The van der Waals surface area contributed by atoms with E-state index in [1.54, 1.807) is 0 Å². The van der Waals surface area contributed by atoms with Crippen LogP contribution >= 0.6 is 0 Å². The number of carboxylic acid groups (broad SMARTS) is 2. The highest BCUT2D eigenvalue weighted by Crippen LogP contribution is 2.38. The number of hydrogen-bond donors (Lipinski definition) is 25. The molecule has 5 rings (SSSR count). The first-order valence-electron chi connectivity index (χ1n) is 28.9. The third-order valence-electron chi connectivity index (χ3n) is 15.8. The van der Waals surface area contributed by atoms with Crippen LogP contribution in [0.3, 0.4) is 0 Å². The highest BCUT2D eigenvalue weighted by molar-refractivity contribution is 7.80. The molecule has 5 fully saturated rings. The summed E-state index contributed by atoms with van der Waals surface area (Å²) in [6.07, 6.45) is -58.0. The minimum atomic E-state index is -5.47. The van der Waals surface area contributed by atoms with E-state index in [-0.39, 0.29) is 0 Å². The molecule has 44 nitrogen and oxygen atoms in total. The second kappa shape index (κ2) is 34.6. The smallest absolute Gasteiger partial charge is 0.397 e. The zero-order valence-corrected chi connectivity index (χ0v) is 51.5. The van der Waals surface area contributed by atoms with Crippen LogP contribution in [0.25, 0.3) is 0 Å². The summed E-state index contributed by atoms with van der Waals surface area (Å²) < 4.78 is 94.3. The molecule has 0 saturated carbocycles. The Bertz CT molecular complexity index is 2660. The maximum Gasteiger partial charge on any atom is 0.397 e. The third kappa shape index (κ3) is 20.2. The first kappa shape index (κ1) is 81.2. The summed E-state index contributed by atoms with van der Waals surface area (Å²) in [6, 6.07) is -7.18. The molecule has 95 heavy (non-hydrogen) atoms. The number of aliphatic hydroxyl groups is 18. The third-order valence-corrected chi connectivity index (χ3v) is 16.3. The number of aliphatic carboxylic acids is 2. The highest BCUT2D eigenvalue weighted by Gasteiger charge is 2.60. The zero-order chi connectivity index (χ0) is 71.7. The van der Waals surface area contributed by atoms with Gasteiger partial charge in [0.25, 0.3) is 11.6 Å². The largest absolute Gasteiger partial charge is 0.477 e. The van der Waals surface area contributed by atoms with E-state index >= 15 is 0 Å². The normalized spacial score (nSPS) is 38.8. The van der Waals surface area contributed by atoms with E-state index in [0.29, 0.717) is 0 Å². The SMILES string of the molecule is CC(=O)N[C@H]1[C@H](OC[C@H]2O[C@@H](O[C@@H]([C@@H](O)[C@H](O)CO[C@]3(C(=O)O)C[C@H](O)[C@@H](NC(C)=O)[C@H]([C@H](O)[C@H](O)CO)O3)[C@H](CO)NC(C)=O)[C@H](O)[C@@H](O)[C@H]2O)O[C@H](COS(=O)(=O)O)[C@@H](O[C@@H]2O[C@H](CO[C@]3(C(=O)O)C[C@H](O)[C@@H](NC(C)=O)[C@H]([C@H](O)[C@H](O)CO)O3)[C@H](O)[C@H](O)[C@H]2O)[C@@H]1O. The topological polar surface area (TPSA) is 711 Å². The Balaban J connectivity index is 1.39. The molecule has 45 heteroatoms. The van der Waals surface area contributed by atoms with Gasteiger partial charge in [-0.3, -0.25) is 23.7 Å². The summed E-state index contributed by atoms with van der Waals surface area (Å²) >= 11 is 0. The molecule has 5 aliphatic heterocycles. The molecule has 0 radical (unpaired) electrons. The van der Waals surface area contributed by atoms with Crippen LogP contribution in [0.4, 0.5) is 0 Å². The number of rotatable bonds is 32. The van der Waals surface area contributed by atoms with Crippen LogP contribution in [0.15, 0.2) is 0 Å². The van der Waals surface area contributed by atoms with Crippen LogP contribution in [-0.4, -0.2) is 386 Å². The molecule has 0 bridgehead atoms. The molecule has 31 atom stereocenters. The van der Waals surface area contributed by atoms with E-state index in [1.807, 2.05) is 0 Å². The average molecular weight is 1410 g/mol. The monoisotopic (exact) mass is 1410 g/mol. The summed E-state index contributed by atoms with van der Waals surface area (Å²) in [5.41, 5.74) is 0. The second-order valence-corrected chi connectivity index (χ2v) is 24.1. The fourth-order valence-corrected chi connectivity index (χ4v) is 11.3. The molecule has 0 aliphatic carbocycles. The molecule has 550 valence electrons. The summed E-state index contributed by atoms with van der Waals surface area (Å²) in [4.78, 5) is 74.7. The van der Waals surface area contributed by atoms with Crippen molar-refractivity contribution < 1.29 is 195 Å². The van der Waals surface area contributed by atoms with E-state index in [4.69, 9.17) is 47.4 Å². The van der Waals surface area contributed by atoms with Gasteiger partial charge < -0.3 is 171 Å². The number of nitrogens with one attached hydrogen (secondary N) is 4. The van der Waals surface area contributed by atoms with Crippen LogP contribution in [0, 0.1) is 0 Å². The van der Waals surface area contributed by atoms with Crippen LogP contribution in [-0.2, 0) is 90.7 Å². The maximum atomic E-state index is 12.8. The number of ether oxygens (including phenoxy) is 10. The van der Waals surface area contributed by atoms with Gasteiger partial charge in [-0.25, -0.2) is 13.8 Å². The quantitative estimate of drug-likeness (QED) is 0.0278. The molecule has 5 heterocycles. The Kier molecular flexibility index (Phi) is 29.6. The Hall–Kier alpha value is -4.43. The average Bonchev–Trinajstić information content (AvgIpc) is 0.781. The molecule has 0 aromatic heterocycles. The minimum absolute atomic E-state index is 0.840. The van der Waals surface area contributed by atoms with Crippen LogP contribution in [0.1, 0.15) is 40.5 Å². The molecule has 0 aromatic carbocycles. The molecule has 25 N–H and O–H groups in total. The lowest BCUT2D eigenvalue weighted by Crippen LogP contribution is -2.69. The van der Waals surface area contributed by atoms with Gasteiger partial charge in [0.15, 0.2) is 18.9 Å². The fourth-order valence-electron chi connectivity index (χ4n) is 11.0. The van der Waals surface area contributed by atoms with Crippen LogP contribution < -0.4 is 21.3 Å². The van der Waals surface area contributed by atoms with Crippen molar-refractivity contribution in [1.29, 1.82) is 0 Å². The molecule has 0 unspecified atom stereocenters. The minimum Gasteiger partial charge on any atom is -0.477 e. The summed E-state index contributed by atoms with van der Waals surface area (Å²) in [7, 11) is -5.47. The van der Waals surface area contributed by atoms with Crippen molar-refractivity contribution in [3.63, 3.8) is 0 Å². The number of aliphatic hydroxyl groups excluding tert-OH is 18. The fraction of sp³-hybridized carbons (Fsp3) is 0.880. The first-order chi connectivity index (χ1) is 44.2. The van der Waals surface area contributed by atoms with Crippen molar-refractivity contribution in [2.45, 2.75) is 229 Å². The molecular formula is C50H84N4O40S. The number of amides is 4. The molecule has 0 aromatic rings. The van der Waals surface area contributed by atoms with Crippen molar-refractivity contribution in [2.75, 3.05) is 46.2 Å². The predicted octanol–water partition coefficient (Wildman–Crippen LogP) is -15.7. The van der Waals surface area contributed by atoms with Crippen molar-refractivity contribution in [3.05, 3.63) is 0 Å². The predicted molar refractivity (Wildman–Crippen MR) is 293 cm³/mol. The molecule has 0 spiro atoms. The van der Waals surface area contributed by atoms with E-state index in [9.17, 15) is 144 Å². The Morgan fingerprint density at radius 1 is 0.526 bits per heavy atom. The van der Waals surface area contributed by atoms with Gasteiger partial charge in [0.1, 0.15) is 128 Å². The van der Waals surface area contributed by atoms with Gasteiger partial charge >= 0.3 is 22.3 Å². The number of carboxylic acids is 2. The molecular weight excluding hydrogens is 1330 g/mol. The van der Waals surface area contributed by atoms with E-state index in [1.165, 1.54) is 0 Å². The number of carbonyl (C=O) groups excluding carboxylic acids is 4. The van der Waals surface area contributed by atoms with E-state index in [0.717, 1.165) is 27.7 Å². The van der Waals surface area contributed by atoms with Gasteiger partial charge in [-0.2, -0.15) is 8.42 Å². The second-order valence-electron chi connectivity index (χ2n) is 23.0. The summed E-state index contributed by atoms with van der Waals surface area (Å²) in [5, 5.41) is 225. The number of hydrogen-bond acceptors (Lipinski definition) is 37. The van der Waals surface area contributed by atoms with Gasteiger partial charge in [0.05, 0.1) is 76.6 Å². The Morgan fingerprint density at radius 3 is 1.41 bits per heavy atom. The standard InChI is InChI=1S/C50H84N4O40S/c1-14(58)51-18(7-55)40(32(69)23(66)10-85-49(47(77)78)5-19(62)27(52-15(2)59)42(93-49)30(67)21(64)8-56)91-45-38(75)36(73)33(70)24(88-45)11-84-44-29(54-17(4)61)35(72)41(26(90-44)13-87-95(81,82)83)92-46-39(76)37(74)34(71)25(89-46)12-86-50(48(79)80)6-20(63)28(53-16(3)60)43(94-50)31(68)22(65)9-57/h18-46,55-57,62-76H,5-13H2,1-4H3,(H,51,58)(H,52,59)(H,53,60)(H,54,61)(H,77,78)(H,79,80)(H,81,82,83)/t18-,19-,20-,21+,22+,23+,24+,25+,26+,27+,28+,29+,30+,31+,32-,33-,34-,35+,36-,37-,38+,39+,40+,41+,42+,43+,44+,45-,46-,49+,50+/m0/s1. The first-order valence-corrected chi connectivity index (χ1v) is 30.3. The zero-order valence-electron chi connectivity index (χ0n) is 50.7. The maximum absolute atomic E-state index is 12.8. The highest BCUT2D eigenvalue weighted by atomic mass is 32.3. The van der Waals surface area contributed by atoms with Gasteiger partial charge in [-0.05, 0) is 0 Å². The van der Waals surface area contributed by atoms with Crippen LogP contribution in [0.5, 0.6) is 0 Å². The lowest BCUT2D eigenvalue weighted by atomic mass is 9.88. The van der Waals surface area contributed by atoms with Gasteiger partial charge in [0, 0.05) is 40.5 Å². The van der Waals surface area contributed by atoms with Gasteiger partial charge in [-0.15, -0.1) is 0 Å². The lowest BCUT2D eigenvalue weighted by Gasteiger charge is -2.48. The van der Waals surface area contributed by atoms with Crippen molar-refractivity contribution in [3.8, 4) is 0 Å². The molecule has 5 saturated heterocycles. The van der Waals surface area contributed by atoms with Gasteiger partial charge in [0.2, 0.25) is 23.6 Å². The van der Waals surface area contributed by atoms with Crippen molar-refractivity contribution in [2.24, 2.45) is 0 Å². The molecule has 5 aliphatic rings. The summed E-state index contributed by atoms with van der Waals surface area (Å²) in [5.74, 6) is -14.0. The van der Waals surface area contributed by atoms with Crippen LogP contribution in [0.2, 0.25) is 0 Å². The Labute approximate surface area is 537 Å². The van der Waals surface area contributed by atoms with Crippen molar-refractivity contribution in [1.82, 2.24) is 21.3 Å². The lowest BCUT2D eigenvalue weighted by molar-refractivity contribution is -0.363. The van der Waals surface area contributed by atoms with Gasteiger partial charge in [-0.1, -0.05) is 0 Å². The van der Waals surface area contributed by atoms with E-state index in [2.05, 4.69) is 25.5 Å². The van der Waals surface area contributed by atoms with E-state index < -0.39 is 294 Å².